The molecule has 10 heteroatoms. The van der Waals surface area contributed by atoms with E-state index in [0.29, 0.717) is 11.3 Å². The van der Waals surface area contributed by atoms with Crippen LogP contribution in [0.2, 0.25) is 0 Å². The predicted octanol–water partition coefficient (Wildman–Crippen LogP) is 3.48. The van der Waals surface area contributed by atoms with Crippen molar-refractivity contribution in [3.05, 3.63) is 80.9 Å². The SMILES string of the molecule is CN(C(=O)c1cc2c(F)cc(F)cc2[nH]1)C1CNCc2[nH]c(=O)c3cc(F)c(F)cc3c21. The third kappa shape index (κ3) is 3.06. The monoisotopic (exact) mass is 444 g/mol. The number of carbonyl (C=O) groups is 1. The first-order chi connectivity index (χ1) is 15.2. The van der Waals surface area contributed by atoms with Gasteiger partial charge in [-0.1, -0.05) is 0 Å². The summed E-state index contributed by atoms with van der Waals surface area (Å²) in [5.41, 5.74) is 0.539. The molecule has 1 aliphatic heterocycles. The van der Waals surface area contributed by atoms with Crippen molar-refractivity contribution >= 4 is 27.6 Å². The van der Waals surface area contributed by atoms with Crippen LogP contribution >= 0.6 is 0 Å². The number of aromatic amines is 2. The molecule has 0 saturated carbocycles. The molecule has 4 aromatic rings. The summed E-state index contributed by atoms with van der Waals surface area (Å²) in [5.74, 6) is -4.36. The summed E-state index contributed by atoms with van der Waals surface area (Å²) in [6, 6.07) is 4.24. The number of carbonyl (C=O) groups excluding carboxylic acids is 1. The summed E-state index contributed by atoms with van der Waals surface area (Å²) < 4.78 is 55.4. The van der Waals surface area contributed by atoms with Gasteiger partial charge in [-0.05, 0) is 29.7 Å². The van der Waals surface area contributed by atoms with E-state index in [-0.39, 0.29) is 40.5 Å². The lowest BCUT2D eigenvalue weighted by atomic mass is 9.93. The number of aromatic nitrogens is 2. The molecule has 2 aromatic heterocycles. The third-order valence-corrected chi connectivity index (χ3v) is 5.83. The van der Waals surface area contributed by atoms with Gasteiger partial charge in [0.2, 0.25) is 0 Å². The first-order valence-electron chi connectivity index (χ1n) is 9.74. The van der Waals surface area contributed by atoms with E-state index in [9.17, 15) is 27.2 Å². The van der Waals surface area contributed by atoms with Crippen LogP contribution in [0.4, 0.5) is 17.6 Å². The zero-order chi connectivity index (χ0) is 22.7. The Kier molecular flexibility index (Phi) is 4.55. The number of nitrogens with one attached hydrogen (secondary N) is 3. The first kappa shape index (κ1) is 20.3. The van der Waals surface area contributed by atoms with Gasteiger partial charge in [-0.15, -0.1) is 0 Å². The van der Waals surface area contributed by atoms with Crippen LogP contribution in [0.3, 0.4) is 0 Å². The van der Waals surface area contributed by atoms with Crippen LogP contribution in [-0.4, -0.2) is 34.4 Å². The number of halogens is 4. The molecular weight excluding hydrogens is 428 g/mol. The molecule has 0 fully saturated rings. The normalized spacial score (nSPS) is 15.8. The average Bonchev–Trinajstić information content (AvgIpc) is 3.18. The van der Waals surface area contributed by atoms with Gasteiger partial charge in [0, 0.05) is 42.8 Å². The van der Waals surface area contributed by atoms with E-state index in [4.69, 9.17) is 0 Å². The number of hydrogen-bond donors (Lipinski definition) is 3. The van der Waals surface area contributed by atoms with Crippen LogP contribution in [0, 0.1) is 23.3 Å². The molecule has 0 spiro atoms. The van der Waals surface area contributed by atoms with Crippen LogP contribution < -0.4 is 10.9 Å². The maximum absolute atomic E-state index is 14.1. The van der Waals surface area contributed by atoms with Crippen molar-refractivity contribution in [2.75, 3.05) is 13.6 Å². The van der Waals surface area contributed by atoms with Crippen molar-refractivity contribution in [2.24, 2.45) is 0 Å². The first-order valence-corrected chi connectivity index (χ1v) is 9.74. The number of H-pyrrole nitrogens is 2. The number of benzene rings is 2. The molecule has 5 rings (SSSR count). The number of likely N-dealkylation sites (N-methyl/N-ethyl adjacent to an activating group) is 1. The van der Waals surface area contributed by atoms with Crippen LogP contribution in [0.5, 0.6) is 0 Å². The zero-order valence-corrected chi connectivity index (χ0v) is 16.7. The van der Waals surface area contributed by atoms with E-state index in [1.807, 2.05) is 0 Å². The Hall–Kier alpha value is -3.66. The van der Waals surface area contributed by atoms with Gasteiger partial charge in [-0.25, -0.2) is 17.6 Å². The summed E-state index contributed by atoms with van der Waals surface area (Å²) in [4.78, 5) is 32.3. The second kappa shape index (κ2) is 7.20. The number of fused-ring (bicyclic) bond motifs is 4. The molecule has 0 radical (unpaired) electrons. The number of hydrogen-bond acceptors (Lipinski definition) is 3. The molecule has 164 valence electrons. The topological polar surface area (TPSA) is 81.0 Å². The van der Waals surface area contributed by atoms with Gasteiger partial charge in [-0.3, -0.25) is 9.59 Å². The lowest BCUT2D eigenvalue weighted by Crippen LogP contribution is -2.42. The van der Waals surface area contributed by atoms with Gasteiger partial charge < -0.3 is 20.2 Å². The van der Waals surface area contributed by atoms with E-state index >= 15 is 0 Å². The van der Waals surface area contributed by atoms with Crippen molar-refractivity contribution in [3.63, 3.8) is 0 Å². The zero-order valence-electron chi connectivity index (χ0n) is 16.7. The summed E-state index contributed by atoms with van der Waals surface area (Å²) >= 11 is 0. The van der Waals surface area contributed by atoms with Gasteiger partial charge in [0.25, 0.3) is 11.5 Å². The minimum atomic E-state index is -1.15. The number of pyridine rings is 1. The molecule has 0 bridgehead atoms. The highest BCUT2D eigenvalue weighted by Crippen LogP contribution is 2.33. The molecule has 1 amide bonds. The number of amides is 1. The molecule has 32 heavy (non-hydrogen) atoms. The molecule has 1 atom stereocenters. The predicted molar refractivity (Wildman–Crippen MR) is 109 cm³/mol. The van der Waals surface area contributed by atoms with E-state index < -0.39 is 40.8 Å². The number of nitrogens with zero attached hydrogens (tertiary/aromatic N) is 1. The Morgan fingerprint density at radius 3 is 2.41 bits per heavy atom. The van der Waals surface area contributed by atoms with Crippen molar-refractivity contribution in [2.45, 2.75) is 12.6 Å². The fourth-order valence-corrected chi connectivity index (χ4v) is 4.29. The summed E-state index contributed by atoms with van der Waals surface area (Å²) in [6.45, 7) is 0.549. The van der Waals surface area contributed by atoms with Gasteiger partial charge in [0.1, 0.15) is 17.3 Å². The minimum Gasteiger partial charge on any atom is -0.350 e. The molecule has 0 aliphatic carbocycles. The second-order valence-electron chi connectivity index (χ2n) is 7.75. The van der Waals surface area contributed by atoms with E-state index in [0.717, 1.165) is 24.3 Å². The summed E-state index contributed by atoms with van der Waals surface area (Å²) in [5, 5.41) is 3.33. The molecule has 6 nitrogen and oxygen atoms in total. The highest BCUT2D eigenvalue weighted by molar-refractivity contribution is 5.98. The minimum absolute atomic E-state index is 0.0291. The molecule has 3 heterocycles. The molecule has 1 aliphatic rings. The van der Waals surface area contributed by atoms with Crippen LogP contribution in [0.25, 0.3) is 21.7 Å². The highest BCUT2D eigenvalue weighted by Gasteiger charge is 2.31. The van der Waals surface area contributed by atoms with Gasteiger partial charge in [0.05, 0.1) is 16.9 Å². The van der Waals surface area contributed by atoms with Crippen molar-refractivity contribution in [1.29, 1.82) is 0 Å². The molecule has 1 unspecified atom stereocenters. The van der Waals surface area contributed by atoms with Crippen molar-refractivity contribution in [1.82, 2.24) is 20.2 Å². The summed E-state index contributed by atoms with van der Waals surface area (Å²) in [7, 11) is 1.50. The summed E-state index contributed by atoms with van der Waals surface area (Å²) in [6.07, 6.45) is 0. The highest BCUT2D eigenvalue weighted by atomic mass is 19.2. The van der Waals surface area contributed by atoms with Gasteiger partial charge in [-0.2, -0.15) is 0 Å². The van der Waals surface area contributed by atoms with Crippen molar-refractivity contribution < 1.29 is 22.4 Å². The quantitative estimate of drug-likeness (QED) is 0.414. The van der Waals surface area contributed by atoms with E-state index in [1.54, 1.807) is 0 Å². The Bertz CT molecular complexity index is 1480. The Morgan fingerprint density at radius 2 is 1.66 bits per heavy atom. The lowest BCUT2D eigenvalue weighted by molar-refractivity contribution is 0.0718. The smallest absolute Gasteiger partial charge is 0.270 e. The van der Waals surface area contributed by atoms with Gasteiger partial charge in [0.15, 0.2) is 11.6 Å². The average molecular weight is 444 g/mol. The molecule has 0 saturated heterocycles. The molecule has 2 aromatic carbocycles. The number of rotatable bonds is 2. The van der Waals surface area contributed by atoms with Gasteiger partial charge >= 0.3 is 0 Å². The van der Waals surface area contributed by atoms with Crippen LogP contribution in [0.1, 0.15) is 27.8 Å². The lowest BCUT2D eigenvalue weighted by Gasteiger charge is -2.34. The molecule has 3 N–H and O–H groups in total. The Morgan fingerprint density at radius 1 is 0.938 bits per heavy atom. The van der Waals surface area contributed by atoms with Crippen LogP contribution in [-0.2, 0) is 6.54 Å². The Balaban J connectivity index is 1.62. The second-order valence-corrected chi connectivity index (χ2v) is 7.75. The Labute approximate surface area is 177 Å². The fourth-order valence-electron chi connectivity index (χ4n) is 4.29. The molecular formula is C22H16F4N4O2. The standard InChI is InChI=1S/C22H16F4N4O2/c1-30(22(32)17-6-12-13(24)2-9(23)3-16(12)28-17)19-8-27-7-18-20(19)10-4-14(25)15(26)5-11(10)21(31)29-18/h2-6,19,27-28H,7-8H2,1H3,(H,29,31). The van der Waals surface area contributed by atoms with E-state index in [2.05, 4.69) is 15.3 Å². The fraction of sp³-hybridized carbons (Fsp3) is 0.182. The van der Waals surface area contributed by atoms with Crippen molar-refractivity contribution in [3.8, 4) is 0 Å². The van der Waals surface area contributed by atoms with E-state index in [1.165, 1.54) is 18.0 Å². The largest absolute Gasteiger partial charge is 0.350 e. The van der Waals surface area contributed by atoms with Crippen LogP contribution in [0.15, 0.2) is 35.1 Å². The maximum Gasteiger partial charge on any atom is 0.270 e. The third-order valence-electron chi connectivity index (χ3n) is 5.83. The maximum atomic E-state index is 14.1.